The van der Waals surface area contributed by atoms with Crippen LogP contribution in [0.1, 0.15) is 22.2 Å². The molecule has 1 aromatic carbocycles. The van der Waals surface area contributed by atoms with E-state index in [1.165, 1.54) is 21.9 Å². The van der Waals surface area contributed by atoms with E-state index in [-0.39, 0.29) is 5.82 Å². The van der Waals surface area contributed by atoms with Gasteiger partial charge in [-0.05, 0) is 36.2 Å². The fourth-order valence-corrected chi connectivity index (χ4v) is 2.78. The van der Waals surface area contributed by atoms with Gasteiger partial charge in [-0.3, -0.25) is 4.99 Å². The predicted molar refractivity (Wildman–Crippen MR) is 87.1 cm³/mol. The van der Waals surface area contributed by atoms with Crippen LogP contribution in [0.25, 0.3) is 0 Å². The van der Waals surface area contributed by atoms with E-state index < -0.39 is 0 Å². The first-order valence-electron chi connectivity index (χ1n) is 6.97. The van der Waals surface area contributed by atoms with Gasteiger partial charge in [-0.15, -0.1) is 11.3 Å². The average Bonchev–Trinajstić information content (AvgIpc) is 2.97. The number of benzene rings is 1. The maximum Gasteiger partial charge on any atom is 0.191 e. The molecule has 0 unspecified atom stereocenters. The first-order valence-corrected chi connectivity index (χ1v) is 7.79. The zero-order valence-corrected chi connectivity index (χ0v) is 13.1. The van der Waals surface area contributed by atoms with E-state index >= 15 is 0 Å². The van der Waals surface area contributed by atoms with Crippen molar-refractivity contribution in [3.63, 3.8) is 0 Å². The van der Waals surface area contributed by atoms with Gasteiger partial charge in [0, 0.05) is 23.3 Å². The minimum Gasteiger partial charge on any atom is -0.352 e. The molecule has 0 atom stereocenters. The van der Waals surface area contributed by atoms with Crippen LogP contribution in [0.5, 0.6) is 0 Å². The van der Waals surface area contributed by atoms with Crippen molar-refractivity contribution in [2.75, 3.05) is 7.05 Å². The number of hydrogen-bond acceptors (Lipinski definition) is 2. The van der Waals surface area contributed by atoms with Crippen molar-refractivity contribution in [2.45, 2.75) is 26.4 Å². The second-order valence-electron chi connectivity index (χ2n) is 4.63. The Hall–Kier alpha value is -1.88. The lowest BCUT2D eigenvalue weighted by Crippen LogP contribution is -2.36. The third kappa shape index (κ3) is 4.86. The fraction of sp³-hybridized carbons (Fsp3) is 0.312. The summed E-state index contributed by atoms with van der Waals surface area (Å²) in [7, 11) is 1.74. The average molecular weight is 305 g/mol. The molecule has 0 aliphatic rings. The number of guanidine groups is 1. The van der Waals surface area contributed by atoms with Crippen molar-refractivity contribution in [1.29, 1.82) is 0 Å². The molecule has 2 aromatic rings. The Morgan fingerprint density at radius 2 is 1.71 bits per heavy atom. The van der Waals surface area contributed by atoms with E-state index in [0.29, 0.717) is 6.54 Å². The number of hydrogen-bond donors (Lipinski definition) is 2. The minimum absolute atomic E-state index is 0.217. The van der Waals surface area contributed by atoms with Crippen LogP contribution in [0.15, 0.2) is 41.4 Å². The lowest BCUT2D eigenvalue weighted by molar-refractivity contribution is 0.626. The van der Waals surface area contributed by atoms with Gasteiger partial charge >= 0.3 is 0 Å². The van der Waals surface area contributed by atoms with Crippen LogP contribution >= 0.6 is 11.3 Å². The molecule has 2 rings (SSSR count). The molecule has 0 aliphatic carbocycles. The number of aryl methyl sites for hydroxylation is 1. The molecule has 0 saturated heterocycles. The van der Waals surface area contributed by atoms with E-state index in [1.54, 1.807) is 19.2 Å². The summed E-state index contributed by atoms with van der Waals surface area (Å²) in [6, 6.07) is 10.8. The molecule has 112 valence electrons. The molecule has 1 heterocycles. The number of rotatable bonds is 5. The summed E-state index contributed by atoms with van der Waals surface area (Å²) in [5.41, 5.74) is 1.02. The lowest BCUT2D eigenvalue weighted by atomic mass is 10.2. The van der Waals surface area contributed by atoms with E-state index in [2.05, 4.69) is 34.7 Å². The first kappa shape index (κ1) is 15.5. The molecule has 21 heavy (non-hydrogen) atoms. The van der Waals surface area contributed by atoms with Gasteiger partial charge in [0.2, 0.25) is 0 Å². The molecule has 0 fully saturated rings. The maximum absolute atomic E-state index is 12.8. The van der Waals surface area contributed by atoms with Gasteiger partial charge in [-0.25, -0.2) is 4.39 Å². The van der Waals surface area contributed by atoms with Crippen molar-refractivity contribution >= 4 is 17.3 Å². The molecular weight excluding hydrogens is 285 g/mol. The first-order chi connectivity index (χ1) is 10.2. The highest BCUT2D eigenvalue weighted by Crippen LogP contribution is 2.16. The minimum atomic E-state index is -0.217. The predicted octanol–water partition coefficient (Wildman–Crippen LogP) is 3.31. The topological polar surface area (TPSA) is 36.4 Å². The molecule has 0 spiro atoms. The molecule has 3 nitrogen and oxygen atoms in total. The van der Waals surface area contributed by atoms with Crippen LogP contribution in [0.2, 0.25) is 0 Å². The van der Waals surface area contributed by atoms with Gasteiger partial charge in [0.25, 0.3) is 0 Å². The molecule has 1 aromatic heterocycles. The summed E-state index contributed by atoms with van der Waals surface area (Å²) in [5.74, 6) is 0.524. The molecule has 5 heteroatoms. The van der Waals surface area contributed by atoms with Crippen LogP contribution in [-0.4, -0.2) is 13.0 Å². The number of nitrogens with zero attached hydrogens (tertiary/aromatic N) is 1. The normalized spacial score (nSPS) is 11.5. The Bertz CT molecular complexity index is 590. The summed E-state index contributed by atoms with van der Waals surface area (Å²) >= 11 is 1.81. The quantitative estimate of drug-likeness (QED) is 0.657. The largest absolute Gasteiger partial charge is 0.352 e. The Morgan fingerprint density at radius 1 is 1.05 bits per heavy atom. The highest BCUT2D eigenvalue weighted by atomic mass is 32.1. The van der Waals surface area contributed by atoms with Crippen LogP contribution < -0.4 is 10.6 Å². The molecule has 0 aliphatic heterocycles. The lowest BCUT2D eigenvalue weighted by Gasteiger charge is -2.11. The van der Waals surface area contributed by atoms with Crippen LogP contribution in [0.4, 0.5) is 4.39 Å². The zero-order valence-electron chi connectivity index (χ0n) is 12.3. The van der Waals surface area contributed by atoms with Crippen molar-refractivity contribution in [1.82, 2.24) is 10.6 Å². The van der Waals surface area contributed by atoms with Crippen LogP contribution in [0, 0.1) is 5.82 Å². The van der Waals surface area contributed by atoms with Crippen molar-refractivity contribution in [3.8, 4) is 0 Å². The van der Waals surface area contributed by atoms with Crippen LogP contribution in [0.3, 0.4) is 0 Å². The Kier molecular flexibility index (Phi) is 5.75. The number of thiophene rings is 1. The van der Waals surface area contributed by atoms with Gasteiger partial charge in [0.15, 0.2) is 5.96 Å². The highest BCUT2D eigenvalue weighted by molar-refractivity contribution is 7.11. The van der Waals surface area contributed by atoms with Gasteiger partial charge in [-0.2, -0.15) is 0 Å². The Morgan fingerprint density at radius 3 is 2.33 bits per heavy atom. The van der Waals surface area contributed by atoms with Crippen molar-refractivity contribution in [2.24, 2.45) is 4.99 Å². The summed E-state index contributed by atoms with van der Waals surface area (Å²) in [5, 5.41) is 6.50. The monoisotopic (exact) mass is 305 g/mol. The Balaban J connectivity index is 1.81. The van der Waals surface area contributed by atoms with E-state index in [9.17, 15) is 4.39 Å². The molecule has 0 bridgehead atoms. The van der Waals surface area contributed by atoms with Gasteiger partial charge in [0.05, 0.1) is 6.54 Å². The van der Waals surface area contributed by atoms with Gasteiger partial charge in [-0.1, -0.05) is 19.1 Å². The van der Waals surface area contributed by atoms with E-state index in [1.807, 2.05) is 11.3 Å². The SMILES string of the molecule is CCc1ccc(CNC(=NC)NCc2ccc(F)cc2)s1. The zero-order chi connectivity index (χ0) is 15.1. The van der Waals surface area contributed by atoms with Gasteiger partial charge in [0.1, 0.15) is 5.82 Å². The summed E-state index contributed by atoms with van der Waals surface area (Å²) < 4.78 is 12.8. The Labute approximate surface area is 128 Å². The van der Waals surface area contributed by atoms with Crippen molar-refractivity contribution in [3.05, 3.63) is 57.5 Å². The molecule has 0 amide bonds. The molecular formula is C16H20FN3S. The third-order valence-corrected chi connectivity index (χ3v) is 4.32. The third-order valence-electron chi connectivity index (χ3n) is 3.09. The van der Waals surface area contributed by atoms with E-state index in [0.717, 1.165) is 24.5 Å². The highest BCUT2D eigenvalue weighted by Gasteiger charge is 2.01. The fourth-order valence-electron chi connectivity index (χ4n) is 1.89. The van der Waals surface area contributed by atoms with Crippen molar-refractivity contribution < 1.29 is 4.39 Å². The number of nitrogens with one attached hydrogen (secondary N) is 2. The smallest absolute Gasteiger partial charge is 0.191 e. The summed E-state index contributed by atoms with van der Waals surface area (Å²) in [4.78, 5) is 6.87. The van der Waals surface area contributed by atoms with E-state index in [4.69, 9.17) is 0 Å². The number of aliphatic imine (C=N–C) groups is 1. The number of halogens is 1. The van der Waals surface area contributed by atoms with Crippen LogP contribution in [-0.2, 0) is 19.5 Å². The van der Waals surface area contributed by atoms with Gasteiger partial charge < -0.3 is 10.6 Å². The second kappa shape index (κ2) is 7.78. The summed E-state index contributed by atoms with van der Waals surface area (Å²) in [6.45, 7) is 3.53. The standard InChI is InChI=1S/C16H20FN3S/c1-3-14-8-9-15(21-14)11-20-16(18-2)19-10-12-4-6-13(17)7-5-12/h4-9H,3,10-11H2,1-2H3,(H2,18,19,20). The molecule has 2 N–H and O–H groups in total. The maximum atomic E-state index is 12.8. The second-order valence-corrected chi connectivity index (χ2v) is 5.88. The molecule has 0 radical (unpaired) electrons. The summed E-state index contributed by atoms with van der Waals surface area (Å²) in [6.07, 6.45) is 1.07. The molecule has 0 saturated carbocycles.